The third-order valence-electron chi connectivity index (χ3n) is 5.63. The molecule has 3 aromatic heterocycles. The molecule has 0 spiro atoms. The number of aromatic nitrogens is 5. The Morgan fingerprint density at radius 3 is 2.65 bits per heavy atom. The van der Waals surface area contributed by atoms with Crippen molar-refractivity contribution in [3.63, 3.8) is 0 Å². The van der Waals surface area contributed by atoms with Gasteiger partial charge in [-0.1, -0.05) is 24.3 Å². The molecule has 5 rings (SSSR count). The maximum Gasteiger partial charge on any atom is 0.273 e. The number of rotatable bonds is 4. The zero-order valence-corrected chi connectivity index (χ0v) is 17.4. The molecule has 1 saturated heterocycles. The van der Waals surface area contributed by atoms with Gasteiger partial charge >= 0.3 is 0 Å². The van der Waals surface area contributed by atoms with E-state index in [0.717, 1.165) is 22.2 Å². The third kappa shape index (κ3) is 3.50. The zero-order valence-electron chi connectivity index (χ0n) is 17.4. The molecule has 1 aromatic carbocycles. The van der Waals surface area contributed by atoms with Gasteiger partial charge in [-0.25, -0.2) is 9.36 Å². The molecule has 1 fully saturated rings. The molecule has 0 N–H and O–H groups in total. The molecule has 31 heavy (non-hydrogen) atoms. The monoisotopic (exact) mass is 414 g/mol. The van der Waals surface area contributed by atoms with Crippen molar-refractivity contribution in [2.24, 2.45) is 5.92 Å². The van der Waals surface area contributed by atoms with Crippen LogP contribution in [0.3, 0.4) is 0 Å². The summed E-state index contributed by atoms with van der Waals surface area (Å²) in [5, 5.41) is 10.8. The molecular formula is C23H22N6O2. The van der Waals surface area contributed by atoms with Crippen LogP contribution in [0.25, 0.3) is 16.6 Å². The first-order valence-electron chi connectivity index (χ1n) is 10.2. The molecule has 0 saturated carbocycles. The Bertz CT molecular complexity index is 1340. The highest BCUT2D eigenvalue weighted by Gasteiger charge is 2.33. The molecule has 0 unspecified atom stereocenters. The van der Waals surface area contributed by atoms with Crippen LogP contribution in [-0.4, -0.2) is 48.4 Å². The summed E-state index contributed by atoms with van der Waals surface area (Å²) in [7, 11) is 0. The number of aryl methyl sites for hydroxylation is 2. The first-order chi connectivity index (χ1) is 15.0. The molecule has 1 amide bonds. The second kappa shape index (κ2) is 7.46. The van der Waals surface area contributed by atoms with Gasteiger partial charge in [-0.15, -0.1) is 5.10 Å². The number of likely N-dealkylation sites (tertiary alicyclic amines) is 1. The van der Waals surface area contributed by atoms with Gasteiger partial charge in [0.15, 0.2) is 5.82 Å². The Balaban J connectivity index is 1.31. The summed E-state index contributed by atoms with van der Waals surface area (Å²) in [4.78, 5) is 31.4. The predicted molar refractivity (Wildman–Crippen MR) is 116 cm³/mol. The molecule has 4 aromatic rings. The Labute approximate surface area is 178 Å². The quantitative estimate of drug-likeness (QED) is 0.512. The SMILES string of the molecule is Cc1cc(C)n(-c2ccc(=O)n(CC3CN(C(=O)c4nccc5ccccc45)C3)n2)n1. The number of carbonyl (C=O) groups excluding carboxylic acids is 1. The van der Waals surface area contributed by atoms with Crippen LogP contribution in [0.2, 0.25) is 0 Å². The highest BCUT2D eigenvalue weighted by molar-refractivity contribution is 6.05. The van der Waals surface area contributed by atoms with Crippen LogP contribution in [0.1, 0.15) is 21.9 Å². The van der Waals surface area contributed by atoms with Gasteiger partial charge in [-0.05, 0) is 37.4 Å². The van der Waals surface area contributed by atoms with Crippen LogP contribution in [0, 0.1) is 19.8 Å². The fourth-order valence-electron chi connectivity index (χ4n) is 4.08. The minimum atomic E-state index is -0.161. The van der Waals surface area contributed by atoms with Gasteiger partial charge in [-0.2, -0.15) is 5.10 Å². The van der Waals surface area contributed by atoms with E-state index in [9.17, 15) is 9.59 Å². The van der Waals surface area contributed by atoms with Crippen LogP contribution < -0.4 is 5.56 Å². The van der Waals surface area contributed by atoms with Gasteiger partial charge < -0.3 is 4.90 Å². The van der Waals surface area contributed by atoms with Crippen molar-refractivity contribution in [3.8, 4) is 5.82 Å². The molecular weight excluding hydrogens is 392 g/mol. The normalized spacial score (nSPS) is 14.1. The van der Waals surface area contributed by atoms with E-state index in [1.807, 2.05) is 50.2 Å². The molecule has 0 atom stereocenters. The van der Waals surface area contributed by atoms with E-state index in [2.05, 4.69) is 15.2 Å². The summed E-state index contributed by atoms with van der Waals surface area (Å²) >= 11 is 0. The lowest BCUT2D eigenvalue weighted by Crippen LogP contribution is -2.52. The molecule has 0 aliphatic carbocycles. The number of amides is 1. The van der Waals surface area contributed by atoms with Crippen molar-refractivity contribution < 1.29 is 4.79 Å². The molecule has 0 radical (unpaired) electrons. The average molecular weight is 414 g/mol. The van der Waals surface area contributed by atoms with Crippen LogP contribution in [0.15, 0.2) is 59.5 Å². The van der Waals surface area contributed by atoms with E-state index in [-0.39, 0.29) is 17.4 Å². The van der Waals surface area contributed by atoms with Crippen molar-refractivity contribution in [1.29, 1.82) is 0 Å². The Hall–Kier alpha value is -3.81. The molecule has 1 aliphatic rings. The first-order valence-corrected chi connectivity index (χ1v) is 10.2. The minimum absolute atomic E-state index is 0.0789. The molecule has 4 heterocycles. The van der Waals surface area contributed by atoms with E-state index in [1.54, 1.807) is 21.8 Å². The summed E-state index contributed by atoms with van der Waals surface area (Å²) in [5.41, 5.74) is 2.16. The number of carbonyl (C=O) groups is 1. The highest BCUT2D eigenvalue weighted by atomic mass is 16.2. The highest BCUT2D eigenvalue weighted by Crippen LogP contribution is 2.23. The van der Waals surface area contributed by atoms with Crippen molar-refractivity contribution in [3.05, 3.63) is 82.2 Å². The lowest BCUT2D eigenvalue weighted by Gasteiger charge is -2.39. The number of benzene rings is 1. The lowest BCUT2D eigenvalue weighted by atomic mass is 9.99. The Morgan fingerprint density at radius 1 is 1.06 bits per heavy atom. The number of nitrogens with zero attached hydrogens (tertiary/aromatic N) is 6. The second-order valence-electron chi connectivity index (χ2n) is 8.01. The van der Waals surface area contributed by atoms with E-state index in [1.165, 1.54) is 10.7 Å². The van der Waals surface area contributed by atoms with Gasteiger partial charge in [0.1, 0.15) is 5.69 Å². The van der Waals surface area contributed by atoms with Crippen molar-refractivity contribution in [2.45, 2.75) is 20.4 Å². The van der Waals surface area contributed by atoms with Gasteiger partial charge in [0, 0.05) is 42.4 Å². The first kappa shape index (κ1) is 19.2. The van der Waals surface area contributed by atoms with Crippen molar-refractivity contribution in [2.75, 3.05) is 13.1 Å². The lowest BCUT2D eigenvalue weighted by molar-refractivity contribution is 0.0454. The number of hydrogen-bond donors (Lipinski definition) is 0. The van der Waals surface area contributed by atoms with Gasteiger partial charge in [0.2, 0.25) is 0 Å². The molecule has 8 nitrogen and oxygen atoms in total. The van der Waals surface area contributed by atoms with Gasteiger partial charge in [-0.3, -0.25) is 14.6 Å². The van der Waals surface area contributed by atoms with Crippen LogP contribution in [0.5, 0.6) is 0 Å². The van der Waals surface area contributed by atoms with Gasteiger partial charge in [0.25, 0.3) is 11.5 Å². The fourth-order valence-corrected chi connectivity index (χ4v) is 4.08. The summed E-state index contributed by atoms with van der Waals surface area (Å²) in [5.74, 6) is 0.696. The van der Waals surface area contributed by atoms with Crippen LogP contribution >= 0.6 is 0 Å². The van der Waals surface area contributed by atoms with Crippen molar-refractivity contribution >= 4 is 16.7 Å². The summed E-state index contributed by atoms with van der Waals surface area (Å²) in [6.07, 6.45) is 1.67. The van der Waals surface area contributed by atoms with Crippen molar-refractivity contribution in [1.82, 2.24) is 29.4 Å². The molecule has 8 heteroatoms. The summed E-state index contributed by atoms with van der Waals surface area (Å²) in [6, 6.07) is 14.8. The summed E-state index contributed by atoms with van der Waals surface area (Å²) in [6.45, 7) is 5.47. The zero-order chi connectivity index (χ0) is 21.5. The number of hydrogen-bond acceptors (Lipinski definition) is 5. The maximum absolute atomic E-state index is 13.0. The van der Waals surface area contributed by atoms with Crippen LogP contribution in [0.4, 0.5) is 0 Å². The van der Waals surface area contributed by atoms with E-state index in [0.29, 0.717) is 31.1 Å². The standard InChI is InChI=1S/C23H22N6O2/c1-15-11-16(2)29(25-15)20-7-8-21(30)28(26-20)14-17-12-27(13-17)23(31)22-19-6-4-3-5-18(19)9-10-24-22/h3-11,17H,12-14H2,1-2H3. The smallest absolute Gasteiger partial charge is 0.273 e. The second-order valence-corrected chi connectivity index (χ2v) is 8.01. The summed E-state index contributed by atoms with van der Waals surface area (Å²) < 4.78 is 3.20. The molecule has 0 bridgehead atoms. The van der Waals surface area contributed by atoms with E-state index < -0.39 is 0 Å². The average Bonchev–Trinajstić information content (AvgIpc) is 3.08. The van der Waals surface area contributed by atoms with Crippen LogP contribution in [-0.2, 0) is 6.54 Å². The third-order valence-corrected chi connectivity index (χ3v) is 5.63. The Morgan fingerprint density at radius 2 is 1.87 bits per heavy atom. The Kier molecular flexibility index (Phi) is 4.62. The van der Waals surface area contributed by atoms with E-state index in [4.69, 9.17) is 0 Å². The molecule has 156 valence electrons. The van der Waals surface area contributed by atoms with E-state index >= 15 is 0 Å². The number of pyridine rings is 1. The minimum Gasteiger partial charge on any atom is -0.336 e. The topological polar surface area (TPSA) is 85.9 Å². The molecule has 1 aliphatic heterocycles. The fraction of sp³-hybridized carbons (Fsp3) is 0.261. The largest absolute Gasteiger partial charge is 0.336 e. The maximum atomic E-state index is 13.0. The number of fused-ring (bicyclic) bond motifs is 1. The van der Waals surface area contributed by atoms with Gasteiger partial charge in [0.05, 0.1) is 12.2 Å². The predicted octanol–water partition coefficient (Wildman–Crippen LogP) is 2.37.